The highest BCUT2D eigenvalue weighted by atomic mass is 16.5. The molecule has 1 saturated heterocycles. The lowest BCUT2D eigenvalue weighted by Gasteiger charge is -2.35. The van der Waals surface area contributed by atoms with E-state index in [-0.39, 0.29) is 6.61 Å². The van der Waals surface area contributed by atoms with Crippen molar-refractivity contribution in [3.05, 3.63) is 35.4 Å². The van der Waals surface area contributed by atoms with Gasteiger partial charge in [-0.15, -0.1) is 0 Å². The molecule has 0 spiro atoms. The summed E-state index contributed by atoms with van der Waals surface area (Å²) in [6.45, 7) is 3.94. The Morgan fingerprint density at radius 2 is 1.89 bits per heavy atom. The number of benzene rings is 1. The van der Waals surface area contributed by atoms with Crippen molar-refractivity contribution < 1.29 is 9.84 Å². The van der Waals surface area contributed by atoms with Gasteiger partial charge in [-0.3, -0.25) is 4.90 Å². The lowest BCUT2D eigenvalue weighted by Crippen LogP contribution is -2.46. The average Bonchev–Trinajstić information content (AvgIpc) is 3.25. The first-order valence-electron chi connectivity index (χ1n) is 6.87. The Hall–Kier alpha value is -0.900. The molecule has 0 aromatic heterocycles. The maximum absolute atomic E-state index is 9.05. The molecule has 2 aliphatic rings. The van der Waals surface area contributed by atoms with Crippen LogP contribution in [-0.4, -0.2) is 35.8 Å². The molecular formula is C15H21NO2. The van der Waals surface area contributed by atoms with E-state index in [1.165, 1.54) is 18.4 Å². The smallest absolute Gasteiger partial charge is 0.0681 e. The number of aliphatic hydroxyl groups excluding tert-OH is 1. The average molecular weight is 247 g/mol. The molecule has 1 unspecified atom stereocenters. The second-order valence-corrected chi connectivity index (χ2v) is 5.42. The summed E-state index contributed by atoms with van der Waals surface area (Å²) in [5.41, 5.74) is 2.32. The summed E-state index contributed by atoms with van der Waals surface area (Å²) in [5.74, 6) is 0.863. The molecule has 1 heterocycles. The first-order chi connectivity index (χ1) is 8.86. The summed E-state index contributed by atoms with van der Waals surface area (Å²) in [7, 11) is 0. The number of hydrogen-bond donors (Lipinski definition) is 1. The van der Waals surface area contributed by atoms with Crippen molar-refractivity contribution >= 4 is 0 Å². The Kier molecular flexibility index (Phi) is 3.64. The SMILES string of the molecule is OCc1ccc(CN2CCOCC2C2CC2)cc1. The fourth-order valence-electron chi connectivity index (χ4n) is 2.75. The molecule has 0 bridgehead atoms. The van der Waals surface area contributed by atoms with Gasteiger partial charge in [0.1, 0.15) is 0 Å². The minimum absolute atomic E-state index is 0.128. The zero-order chi connectivity index (χ0) is 12.4. The molecule has 1 aromatic carbocycles. The maximum atomic E-state index is 9.05. The number of aliphatic hydroxyl groups is 1. The van der Waals surface area contributed by atoms with Crippen LogP contribution < -0.4 is 0 Å². The van der Waals surface area contributed by atoms with Crippen molar-refractivity contribution in [1.82, 2.24) is 4.90 Å². The van der Waals surface area contributed by atoms with E-state index in [1.54, 1.807) is 0 Å². The fraction of sp³-hybridized carbons (Fsp3) is 0.600. The quantitative estimate of drug-likeness (QED) is 0.880. The summed E-state index contributed by atoms with van der Waals surface area (Å²) < 4.78 is 5.61. The van der Waals surface area contributed by atoms with Crippen LogP contribution in [0.15, 0.2) is 24.3 Å². The van der Waals surface area contributed by atoms with Gasteiger partial charge in [0.15, 0.2) is 0 Å². The Labute approximate surface area is 108 Å². The molecule has 98 valence electrons. The number of morpholine rings is 1. The zero-order valence-corrected chi connectivity index (χ0v) is 10.7. The van der Waals surface area contributed by atoms with Crippen LogP contribution in [0.2, 0.25) is 0 Å². The minimum atomic E-state index is 0.128. The molecule has 3 nitrogen and oxygen atoms in total. The minimum Gasteiger partial charge on any atom is -0.392 e. The van der Waals surface area contributed by atoms with Gasteiger partial charge in [-0.25, -0.2) is 0 Å². The van der Waals surface area contributed by atoms with Gasteiger partial charge in [0.05, 0.1) is 19.8 Å². The highest BCUT2D eigenvalue weighted by Crippen LogP contribution is 2.37. The molecule has 3 heteroatoms. The van der Waals surface area contributed by atoms with Crippen molar-refractivity contribution in [2.75, 3.05) is 19.8 Å². The van der Waals surface area contributed by atoms with Gasteiger partial charge < -0.3 is 9.84 Å². The molecule has 1 aliphatic carbocycles. The number of hydrogen-bond acceptors (Lipinski definition) is 3. The van der Waals surface area contributed by atoms with Crippen LogP contribution in [0, 0.1) is 5.92 Å². The topological polar surface area (TPSA) is 32.7 Å². The van der Waals surface area contributed by atoms with Gasteiger partial charge >= 0.3 is 0 Å². The van der Waals surface area contributed by atoms with Crippen LogP contribution in [0.1, 0.15) is 24.0 Å². The fourth-order valence-corrected chi connectivity index (χ4v) is 2.75. The zero-order valence-electron chi connectivity index (χ0n) is 10.7. The predicted molar refractivity (Wildman–Crippen MR) is 70.1 cm³/mol. The molecule has 18 heavy (non-hydrogen) atoms. The third-order valence-electron chi connectivity index (χ3n) is 4.04. The molecule has 3 rings (SSSR count). The Morgan fingerprint density at radius 1 is 1.17 bits per heavy atom. The van der Waals surface area contributed by atoms with Crippen LogP contribution in [0.25, 0.3) is 0 Å². The monoisotopic (exact) mass is 247 g/mol. The summed E-state index contributed by atoms with van der Waals surface area (Å²) in [6.07, 6.45) is 2.74. The highest BCUT2D eigenvalue weighted by Gasteiger charge is 2.36. The second-order valence-electron chi connectivity index (χ2n) is 5.42. The largest absolute Gasteiger partial charge is 0.392 e. The maximum Gasteiger partial charge on any atom is 0.0681 e. The van der Waals surface area contributed by atoms with Gasteiger partial charge in [-0.2, -0.15) is 0 Å². The van der Waals surface area contributed by atoms with Crippen molar-refractivity contribution in [2.24, 2.45) is 5.92 Å². The van der Waals surface area contributed by atoms with Gasteiger partial charge in [0, 0.05) is 19.1 Å². The van der Waals surface area contributed by atoms with Crippen molar-refractivity contribution in [2.45, 2.75) is 32.0 Å². The van der Waals surface area contributed by atoms with Crippen molar-refractivity contribution in [3.8, 4) is 0 Å². The molecule has 0 radical (unpaired) electrons. The Morgan fingerprint density at radius 3 is 2.56 bits per heavy atom. The first kappa shape index (κ1) is 12.2. The van der Waals surface area contributed by atoms with E-state index < -0.39 is 0 Å². The van der Waals surface area contributed by atoms with Crippen LogP contribution >= 0.6 is 0 Å². The lowest BCUT2D eigenvalue weighted by atomic mass is 10.1. The Bertz CT molecular complexity index is 386. The molecule has 1 aromatic rings. The number of ether oxygens (including phenoxy) is 1. The third-order valence-corrected chi connectivity index (χ3v) is 4.04. The van der Waals surface area contributed by atoms with E-state index >= 15 is 0 Å². The molecule has 1 aliphatic heterocycles. The van der Waals surface area contributed by atoms with Gasteiger partial charge in [0.2, 0.25) is 0 Å². The van der Waals surface area contributed by atoms with Gasteiger partial charge in [-0.1, -0.05) is 24.3 Å². The van der Waals surface area contributed by atoms with Crippen LogP contribution in [0.5, 0.6) is 0 Å². The summed E-state index contributed by atoms with van der Waals surface area (Å²) in [6, 6.07) is 8.91. The highest BCUT2D eigenvalue weighted by molar-refractivity contribution is 5.22. The standard InChI is InChI=1S/C15H21NO2/c17-10-13-3-1-12(2-4-13)9-16-7-8-18-11-15(16)14-5-6-14/h1-4,14-15,17H,5-11H2. The third kappa shape index (κ3) is 2.74. The van der Waals surface area contributed by atoms with Gasteiger partial charge in [0.25, 0.3) is 0 Å². The lowest BCUT2D eigenvalue weighted by molar-refractivity contribution is -0.0197. The predicted octanol–water partition coefficient (Wildman–Crippen LogP) is 1.79. The first-order valence-corrected chi connectivity index (χ1v) is 6.87. The summed E-state index contributed by atoms with van der Waals surface area (Å²) in [4.78, 5) is 2.56. The van der Waals surface area contributed by atoms with Crippen LogP contribution in [-0.2, 0) is 17.9 Å². The van der Waals surface area contributed by atoms with Crippen molar-refractivity contribution in [3.63, 3.8) is 0 Å². The molecule has 2 fully saturated rings. The van der Waals surface area contributed by atoms with E-state index in [9.17, 15) is 0 Å². The van der Waals surface area contributed by atoms with Crippen LogP contribution in [0.4, 0.5) is 0 Å². The summed E-state index contributed by atoms with van der Waals surface area (Å²) in [5, 5.41) is 9.05. The molecule has 0 amide bonds. The molecule has 1 saturated carbocycles. The van der Waals surface area contributed by atoms with Gasteiger partial charge in [-0.05, 0) is 29.9 Å². The van der Waals surface area contributed by atoms with E-state index in [0.717, 1.165) is 37.8 Å². The van der Waals surface area contributed by atoms with E-state index in [0.29, 0.717) is 6.04 Å². The van der Waals surface area contributed by atoms with Crippen molar-refractivity contribution in [1.29, 1.82) is 0 Å². The van der Waals surface area contributed by atoms with E-state index in [4.69, 9.17) is 9.84 Å². The molecular weight excluding hydrogens is 226 g/mol. The van der Waals surface area contributed by atoms with E-state index in [2.05, 4.69) is 17.0 Å². The molecule has 1 atom stereocenters. The normalized spacial score (nSPS) is 25.3. The number of rotatable bonds is 4. The molecule has 1 N–H and O–H groups in total. The second kappa shape index (κ2) is 5.39. The summed E-state index contributed by atoms with van der Waals surface area (Å²) >= 11 is 0. The van der Waals surface area contributed by atoms with E-state index in [1.807, 2.05) is 12.1 Å². The van der Waals surface area contributed by atoms with Crippen LogP contribution in [0.3, 0.4) is 0 Å². The number of nitrogens with zero attached hydrogens (tertiary/aromatic N) is 1. The Balaban J connectivity index is 1.65.